The molecule has 8 nitrogen and oxygen atoms in total. The van der Waals surface area contributed by atoms with Crippen molar-refractivity contribution in [1.29, 1.82) is 0 Å². The van der Waals surface area contributed by atoms with Crippen LogP contribution >= 0.6 is 0 Å². The first-order chi connectivity index (χ1) is 12.5. The summed E-state index contributed by atoms with van der Waals surface area (Å²) in [5.41, 5.74) is 7.67. The van der Waals surface area contributed by atoms with Gasteiger partial charge in [-0.3, -0.25) is 10.1 Å². The third-order valence-electron chi connectivity index (χ3n) is 4.37. The molecule has 8 heteroatoms. The van der Waals surface area contributed by atoms with E-state index < -0.39 is 4.92 Å². The number of nitrogens with zero attached hydrogens (tertiary/aromatic N) is 4. The van der Waals surface area contributed by atoms with Crippen LogP contribution in [0.25, 0.3) is 0 Å². The Morgan fingerprint density at radius 3 is 2.96 bits per heavy atom. The van der Waals surface area contributed by atoms with E-state index in [-0.39, 0.29) is 11.7 Å². The van der Waals surface area contributed by atoms with E-state index in [1.54, 1.807) is 12.1 Å². The molecular weight excluding hydrogens is 332 g/mol. The summed E-state index contributed by atoms with van der Waals surface area (Å²) in [6, 6.07) is 8.51. The average molecular weight is 356 g/mol. The predicted octanol–water partition coefficient (Wildman–Crippen LogP) is 3.01. The van der Waals surface area contributed by atoms with Crippen LogP contribution in [-0.2, 0) is 6.42 Å². The maximum absolute atomic E-state index is 11.0. The standard InChI is InChI=1S/C18H24N6O2/c1-2-5-14-11-17(23-9-4-6-13(19)12-23)22-18(20-14)21-15-7-3-8-16(10-15)24(25)26/h3,7-8,10-11,13H,2,4-6,9,12,19H2,1H3,(H,20,21,22)/t13-/m0/s1. The van der Waals surface area contributed by atoms with Crippen LogP contribution in [0, 0.1) is 10.1 Å². The van der Waals surface area contributed by atoms with Gasteiger partial charge in [0.25, 0.3) is 5.69 Å². The molecule has 3 rings (SSSR count). The number of hydrogen-bond donors (Lipinski definition) is 2. The number of non-ortho nitro benzene ring substituents is 1. The smallest absolute Gasteiger partial charge is 0.271 e. The van der Waals surface area contributed by atoms with Gasteiger partial charge in [-0.2, -0.15) is 4.98 Å². The molecule has 1 aliphatic rings. The van der Waals surface area contributed by atoms with Gasteiger partial charge in [0, 0.05) is 48.7 Å². The van der Waals surface area contributed by atoms with Crippen LogP contribution in [0.3, 0.4) is 0 Å². The molecule has 1 saturated heterocycles. The van der Waals surface area contributed by atoms with Gasteiger partial charge in [0.2, 0.25) is 5.95 Å². The SMILES string of the molecule is CCCc1cc(N2CCC[C@H](N)C2)nc(Nc2cccc([N+](=O)[O-])c2)n1. The molecular formula is C18H24N6O2. The Morgan fingerprint density at radius 2 is 2.23 bits per heavy atom. The van der Waals surface area contributed by atoms with E-state index in [1.165, 1.54) is 12.1 Å². The minimum atomic E-state index is -0.417. The fraction of sp³-hybridized carbons (Fsp3) is 0.444. The van der Waals surface area contributed by atoms with Crippen molar-refractivity contribution in [2.45, 2.75) is 38.6 Å². The molecule has 2 heterocycles. The quantitative estimate of drug-likeness (QED) is 0.604. The predicted molar refractivity (Wildman–Crippen MR) is 102 cm³/mol. The zero-order valence-electron chi connectivity index (χ0n) is 14.9. The number of nitro benzene ring substituents is 1. The zero-order chi connectivity index (χ0) is 18.5. The lowest BCUT2D eigenvalue weighted by Crippen LogP contribution is -2.43. The second-order valence-electron chi connectivity index (χ2n) is 6.57. The number of hydrogen-bond acceptors (Lipinski definition) is 7. The van der Waals surface area contributed by atoms with Crippen molar-refractivity contribution in [2.24, 2.45) is 5.73 Å². The number of benzene rings is 1. The fourth-order valence-electron chi connectivity index (χ4n) is 3.13. The summed E-state index contributed by atoms with van der Waals surface area (Å²) in [5.74, 6) is 1.30. The minimum absolute atomic E-state index is 0.0296. The highest BCUT2D eigenvalue weighted by Gasteiger charge is 2.19. The van der Waals surface area contributed by atoms with Gasteiger partial charge in [-0.05, 0) is 25.3 Å². The molecule has 1 aromatic heterocycles. The summed E-state index contributed by atoms with van der Waals surface area (Å²) < 4.78 is 0. The van der Waals surface area contributed by atoms with E-state index in [0.29, 0.717) is 11.6 Å². The van der Waals surface area contributed by atoms with E-state index in [0.717, 1.165) is 50.3 Å². The lowest BCUT2D eigenvalue weighted by Gasteiger charge is -2.32. The van der Waals surface area contributed by atoms with Crippen molar-refractivity contribution in [3.8, 4) is 0 Å². The zero-order valence-corrected chi connectivity index (χ0v) is 14.9. The number of nitrogens with one attached hydrogen (secondary N) is 1. The number of piperidine rings is 1. The van der Waals surface area contributed by atoms with Gasteiger partial charge in [0.1, 0.15) is 5.82 Å². The van der Waals surface area contributed by atoms with Crippen LogP contribution in [0.1, 0.15) is 31.9 Å². The average Bonchev–Trinajstić information content (AvgIpc) is 2.62. The van der Waals surface area contributed by atoms with Gasteiger partial charge in [0.15, 0.2) is 0 Å². The number of aryl methyl sites for hydroxylation is 1. The number of rotatable bonds is 6. The summed E-state index contributed by atoms with van der Waals surface area (Å²) in [6.45, 7) is 3.80. The van der Waals surface area contributed by atoms with Crippen LogP contribution in [0.4, 0.5) is 23.1 Å². The summed E-state index contributed by atoms with van der Waals surface area (Å²) in [7, 11) is 0. The van der Waals surface area contributed by atoms with Crippen molar-refractivity contribution in [3.63, 3.8) is 0 Å². The van der Waals surface area contributed by atoms with Gasteiger partial charge >= 0.3 is 0 Å². The highest BCUT2D eigenvalue weighted by atomic mass is 16.6. The number of aromatic nitrogens is 2. The molecule has 0 amide bonds. The molecule has 3 N–H and O–H groups in total. The molecule has 0 saturated carbocycles. The second-order valence-corrected chi connectivity index (χ2v) is 6.57. The van der Waals surface area contributed by atoms with Gasteiger partial charge in [0.05, 0.1) is 4.92 Å². The first-order valence-electron chi connectivity index (χ1n) is 8.95. The van der Waals surface area contributed by atoms with Crippen molar-refractivity contribution in [3.05, 3.63) is 46.1 Å². The topological polar surface area (TPSA) is 110 Å². The Hall–Kier alpha value is -2.74. The van der Waals surface area contributed by atoms with E-state index >= 15 is 0 Å². The lowest BCUT2D eigenvalue weighted by atomic mass is 10.1. The largest absolute Gasteiger partial charge is 0.355 e. The Bertz CT molecular complexity index is 782. The van der Waals surface area contributed by atoms with E-state index in [4.69, 9.17) is 5.73 Å². The molecule has 1 fully saturated rings. The molecule has 2 aromatic rings. The molecule has 0 unspecified atom stereocenters. The fourth-order valence-corrected chi connectivity index (χ4v) is 3.13. The molecule has 138 valence electrons. The summed E-state index contributed by atoms with van der Waals surface area (Å²) in [4.78, 5) is 21.9. The van der Waals surface area contributed by atoms with Crippen LogP contribution in [-0.4, -0.2) is 34.0 Å². The van der Waals surface area contributed by atoms with Crippen LogP contribution in [0.15, 0.2) is 30.3 Å². The van der Waals surface area contributed by atoms with Crippen LogP contribution in [0.5, 0.6) is 0 Å². The van der Waals surface area contributed by atoms with E-state index in [2.05, 4.69) is 27.1 Å². The van der Waals surface area contributed by atoms with Gasteiger partial charge < -0.3 is 16.0 Å². The molecule has 1 aliphatic heterocycles. The van der Waals surface area contributed by atoms with Crippen molar-refractivity contribution >= 4 is 23.1 Å². The Morgan fingerprint density at radius 1 is 1.38 bits per heavy atom. The summed E-state index contributed by atoms with van der Waals surface area (Å²) >= 11 is 0. The molecule has 1 atom stereocenters. The second kappa shape index (κ2) is 8.09. The first-order valence-corrected chi connectivity index (χ1v) is 8.95. The first kappa shape index (κ1) is 18.1. The Balaban J connectivity index is 1.88. The van der Waals surface area contributed by atoms with Crippen LogP contribution < -0.4 is 16.0 Å². The molecule has 0 aliphatic carbocycles. The van der Waals surface area contributed by atoms with Gasteiger partial charge in [-0.15, -0.1) is 0 Å². The third-order valence-corrected chi connectivity index (χ3v) is 4.37. The minimum Gasteiger partial charge on any atom is -0.355 e. The third kappa shape index (κ3) is 4.45. The molecule has 0 bridgehead atoms. The van der Waals surface area contributed by atoms with E-state index in [1.807, 2.05) is 6.07 Å². The summed E-state index contributed by atoms with van der Waals surface area (Å²) in [5, 5.41) is 14.1. The Labute approximate surface area is 152 Å². The number of nitro groups is 1. The number of anilines is 3. The normalized spacial score (nSPS) is 17.2. The molecule has 0 radical (unpaired) electrons. The maximum atomic E-state index is 11.0. The van der Waals surface area contributed by atoms with Crippen molar-refractivity contribution in [1.82, 2.24) is 9.97 Å². The Kier molecular flexibility index (Phi) is 5.62. The highest BCUT2D eigenvalue weighted by Crippen LogP contribution is 2.24. The lowest BCUT2D eigenvalue weighted by molar-refractivity contribution is -0.384. The highest BCUT2D eigenvalue weighted by molar-refractivity contribution is 5.59. The van der Waals surface area contributed by atoms with Gasteiger partial charge in [-0.25, -0.2) is 4.98 Å². The summed E-state index contributed by atoms with van der Waals surface area (Å²) in [6.07, 6.45) is 3.90. The molecule has 26 heavy (non-hydrogen) atoms. The van der Waals surface area contributed by atoms with Gasteiger partial charge in [-0.1, -0.05) is 19.4 Å². The van der Waals surface area contributed by atoms with Crippen molar-refractivity contribution in [2.75, 3.05) is 23.3 Å². The number of nitrogens with two attached hydrogens (primary N) is 1. The monoisotopic (exact) mass is 356 g/mol. The molecule has 0 spiro atoms. The van der Waals surface area contributed by atoms with E-state index in [9.17, 15) is 10.1 Å². The molecule has 1 aromatic carbocycles. The maximum Gasteiger partial charge on any atom is 0.271 e. The van der Waals surface area contributed by atoms with Crippen LogP contribution in [0.2, 0.25) is 0 Å². The van der Waals surface area contributed by atoms with Crippen molar-refractivity contribution < 1.29 is 4.92 Å².